The molecule has 2 N–H and O–H groups in total. The van der Waals surface area contributed by atoms with Crippen molar-refractivity contribution in [2.24, 2.45) is 0 Å². The molecule has 5 heteroatoms. The summed E-state index contributed by atoms with van der Waals surface area (Å²) in [6.07, 6.45) is 9.71. The van der Waals surface area contributed by atoms with Crippen molar-refractivity contribution in [1.29, 1.82) is 0 Å². The molecule has 1 amide bonds. The van der Waals surface area contributed by atoms with Crippen molar-refractivity contribution in [3.8, 4) is 0 Å². The molecule has 1 atom stereocenters. The Balaban J connectivity index is 0.00000180. The first-order chi connectivity index (χ1) is 8.84. The van der Waals surface area contributed by atoms with Crippen molar-refractivity contribution in [3.63, 3.8) is 0 Å². The van der Waals surface area contributed by atoms with E-state index in [9.17, 15) is 4.79 Å². The van der Waals surface area contributed by atoms with Crippen LogP contribution in [0.3, 0.4) is 0 Å². The summed E-state index contributed by atoms with van der Waals surface area (Å²) in [6.45, 7) is 2.37. The van der Waals surface area contributed by atoms with Crippen molar-refractivity contribution in [2.75, 3.05) is 19.7 Å². The van der Waals surface area contributed by atoms with Crippen LogP contribution in [0.1, 0.15) is 51.4 Å². The number of halogens is 1. The van der Waals surface area contributed by atoms with Crippen LogP contribution >= 0.6 is 12.4 Å². The van der Waals surface area contributed by atoms with Crippen LogP contribution in [0.15, 0.2) is 0 Å². The maximum absolute atomic E-state index is 11.6. The molecule has 0 bridgehead atoms. The second-order valence-corrected chi connectivity index (χ2v) is 5.48. The average molecular weight is 291 g/mol. The van der Waals surface area contributed by atoms with E-state index in [1.807, 2.05) is 0 Å². The van der Waals surface area contributed by atoms with E-state index in [0.29, 0.717) is 31.7 Å². The lowest BCUT2D eigenvalue weighted by Crippen LogP contribution is -2.34. The molecule has 0 aromatic heterocycles. The standard InChI is InChI=1S/C14H26N2O2.ClH/c17-14(11-12-5-4-8-15-12)16-9-10-18-13-6-2-1-3-7-13;/h12-13,15H,1-11H2,(H,16,17);1H. The van der Waals surface area contributed by atoms with Gasteiger partial charge < -0.3 is 15.4 Å². The Morgan fingerprint density at radius 2 is 1.95 bits per heavy atom. The van der Waals surface area contributed by atoms with Crippen LogP contribution in [-0.2, 0) is 9.53 Å². The lowest BCUT2D eigenvalue weighted by molar-refractivity contribution is -0.121. The summed E-state index contributed by atoms with van der Waals surface area (Å²) < 4.78 is 5.77. The summed E-state index contributed by atoms with van der Waals surface area (Å²) in [6, 6.07) is 0.393. The Morgan fingerprint density at radius 3 is 2.63 bits per heavy atom. The molecule has 19 heavy (non-hydrogen) atoms. The van der Waals surface area contributed by atoms with E-state index in [-0.39, 0.29) is 18.3 Å². The SMILES string of the molecule is Cl.O=C(CC1CCCN1)NCCOC1CCCCC1. The van der Waals surface area contributed by atoms with Gasteiger partial charge in [-0.25, -0.2) is 0 Å². The fourth-order valence-corrected chi connectivity index (χ4v) is 2.87. The summed E-state index contributed by atoms with van der Waals surface area (Å²) in [5, 5.41) is 6.28. The van der Waals surface area contributed by atoms with E-state index in [4.69, 9.17) is 4.74 Å². The number of carbonyl (C=O) groups is 1. The van der Waals surface area contributed by atoms with Crippen LogP contribution in [0.2, 0.25) is 0 Å². The Hall–Kier alpha value is -0.320. The molecule has 1 aliphatic heterocycles. The quantitative estimate of drug-likeness (QED) is 0.736. The smallest absolute Gasteiger partial charge is 0.221 e. The summed E-state index contributed by atoms with van der Waals surface area (Å²) >= 11 is 0. The van der Waals surface area contributed by atoms with Crippen molar-refractivity contribution in [1.82, 2.24) is 10.6 Å². The van der Waals surface area contributed by atoms with Gasteiger partial charge in [0.15, 0.2) is 0 Å². The summed E-state index contributed by atoms with van der Waals surface area (Å²) in [5.41, 5.74) is 0. The van der Waals surface area contributed by atoms with Crippen LogP contribution in [0.5, 0.6) is 0 Å². The summed E-state index contributed by atoms with van der Waals surface area (Å²) in [7, 11) is 0. The minimum Gasteiger partial charge on any atom is -0.376 e. The minimum atomic E-state index is 0. The van der Waals surface area contributed by atoms with Crippen LogP contribution in [0, 0.1) is 0 Å². The van der Waals surface area contributed by atoms with Crippen molar-refractivity contribution in [2.45, 2.75) is 63.5 Å². The highest BCUT2D eigenvalue weighted by Crippen LogP contribution is 2.19. The van der Waals surface area contributed by atoms with Gasteiger partial charge in [0.1, 0.15) is 0 Å². The number of hydrogen-bond acceptors (Lipinski definition) is 3. The molecule has 4 nitrogen and oxygen atoms in total. The highest BCUT2D eigenvalue weighted by molar-refractivity contribution is 5.85. The molecular weight excluding hydrogens is 264 g/mol. The van der Waals surface area contributed by atoms with Gasteiger partial charge in [-0.15, -0.1) is 12.4 Å². The van der Waals surface area contributed by atoms with Gasteiger partial charge >= 0.3 is 0 Å². The fraction of sp³-hybridized carbons (Fsp3) is 0.929. The van der Waals surface area contributed by atoms with Gasteiger partial charge in [-0.3, -0.25) is 4.79 Å². The van der Waals surface area contributed by atoms with Crippen LogP contribution in [0.25, 0.3) is 0 Å². The van der Waals surface area contributed by atoms with Crippen LogP contribution < -0.4 is 10.6 Å². The van der Waals surface area contributed by atoms with Gasteiger partial charge in [0.25, 0.3) is 0 Å². The third-order valence-electron chi connectivity index (χ3n) is 3.92. The predicted octanol–water partition coefficient (Wildman–Crippen LogP) is 2.02. The molecule has 0 radical (unpaired) electrons. The normalized spacial score (nSPS) is 23.9. The molecule has 2 fully saturated rings. The first-order valence-electron chi connectivity index (χ1n) is 7.46. The predicted molar refractivity (Wildman–Crippen MR) is 78.7 cm³/mol. The Morgan fingerprint density at radius 1 is 1.16 bits per heavy atom. The third-order valence-corrected chi connectivity index (χ3v) is 3.92. The number of rotatable bonds is 6. The largest absolute Gasteiger partial charge is 0.376 e. The molecule has 2 rings (SSSR count). The molecule has 2 aliphatic rings. The highest BCUT2D eigenvalue weighted by Gasteiger charge is 2.17. The van der Waals surface area contributed by atoms with Gasteiger partial charge in [0, 0.05) is 19.0 Å². The van der Waals surface area contributed by atoms with Gasteiger partial charge in [-0.2, -0.15) is 0 Å². The zero-order valence-corrected chi connectivity index (χ0v) is 12.5. The molecule has 0 aromatic carbocycles. The molecule has 1 saturated carbocycles. The van der Waals surface area contributed by atoms with Crippen molar-refractivity contribution < 1.29 is 9.53 Å². The molecule has 1 heterocycles. The molecule has 1 aliphatic carbocycles. The second kappa shape index (κ2) is 9.56. The summed E-state index contributed by atoms with van der Waals surface area (Å²) in [5.74, 6) is 0.154. The lowest BCUT2D eigenvalue weighted by atomic mass is 9.98. The summed E-state index contributed by atoms with van der Waals surface area (Å²) in [4.78, 5) is 11.6. The van der Waals surface area contributed by atoms with E-state index >= 15 is 0 Å². The molecular formula is C14H27ClN2O2. The zero-order chi connectivity index (χ0) is 12.6. The van der Waals surface area contributed by atoms with E-state index in [1.165, 1.54) is 38.5 Å². The number of nitrogens with one attached hydrogen (secondary N) is 2. The van der Waals surface area contributed by atoms with Gasteiger partial charge in [-0.1, -0.05) is 19.3 Å². The monoisotopic (exact) mass is 290 g/mol. The first-order valence-corrected chi connectivity index (χ1v) is 7.46. The van der Waals surface area contributed by atoms with Gasteiger partial charge in [-0.05, 0) is 32.2 Å². The molecule has 1 unspecified atom stereocenters. The van der Waals surface area contributed by atoms with Gasteiger partial charge in [0.05, 0.1) is 12.7 Å². The Bertz CT molecular complexity index is 252. The number of carbonyl (C=O) groups excluding carboxylic acids is 1. The topological polar surface area (TPSA) is 50.4 Å². The molecule has 0 aromatic rings. The van der Waals surface area contributed by atoms with E-state index in [0.717, 1.165) is 13.0 Å². The van der Waals surface area contributed by atoms with Crippen LogP contribution in [0.4, 0.5) is 0 Å². The molecule has 112 valence electrons. The number of hydrogen-bond donors (Lipinski definition) is 2. The zero-order valence-electron chi connectivity index (χ0n) is 11.7. The Kier molecular flexibility index (Phi) is 8.42. The van der Waals surface area contributed by atoms with E-state index in [2.05, 4.69) is 10.6 Å². The molecule has 0 spiro atoms. The van der Waals surface area contributed by atoms with Crippen molar-refractivity contribution in [3.05, 3.63) is 0 Å². The van der Waals surface area contributed by atoms with Gasteiger partial charge in [0.2, 0.25) is 5.91 Å². The third kappa shape index (κ3) is 6.59. The van der Waals surface area contributed by atoms with Crippen molar-refractivity contribution >= 4 is 18.3 Å². The minimum absolute atomic E-state index is 0. The van der Waals surface area contributed by atoms with Crippen LogP contribution in [-0.4, -0.2) is 37.7 Å². The van der Waals surface area contributed by atoms with E-state index in [1.54, 1.807) is 0 Å². The Labute approximate surface area is 122 Å². The highest BCUT2D eigenvalue weighted by atomic mass is 35.5. The fourth-order valence-electron chi connectivity index (χ4n) is 2.87. The maximum atomic E-state index is 11.6. The maximum Gasteiger partial charge on any atom is 0.221 e. The lowest BCUT2D eigenvalue weighted by Gasteiger charge is -2.22. The number of amides is 1. The van der Waals surface area contributed by atoms with E-state index < -0.39 is 0 Å². The average Bonchev–Trinajstić information content (AvgIpc) is 2.89. The number of ether oxygens (including phenoxy) is 1. The second-order valence-electron chi connectivity index (χ2n) is 5.48. The molecule has 1 saturated heterocycles. The first kappa shape index (κ1) is 16.7.